The van der Waals surface area contributed by atoms with Gasteiger partial charge < -0.3 is 10.6 Å². The first-order valence-corrected chi connectivity index (χ1v) is 11.0. The predicted octanol–water partition coefficient (Wildman–Crippen LogP) is 4.49. The third-order valence-electron chi connectivity index (χ3n) is 6.18. The molecule has 1 atom stereocenters. The normalized spacial score (nSPS) is 17.8. The molecule has 1 aliphatic heterocycles. The van der Waals surface area contributed by atoms with Crippen LogP contribution in [0.25, 0.3) is 21.9 Å². The molecule has 1 saturated heterocycles. The van der Waals surface area contributed by atoms with Gasteiger partial charge in [0.05, 0.1) is 12.3 Å². The molecule has 0 spiro atoms. The molecule has 0 unspecified atom stereocenters. The minimum atomic E-state index is -0.627. The molecule has 0 bridgehead atoms. The van der Waals surface area contributed by atoms with Gasteiger partial charge in [-0.25, -0.2) is 14.2 Å². The van der Waals surface area contributed by atoms with Crippen LogP contribution in [0.1, 0.15) is 30.7 Å². The lowest BCUT2D eigenvalue weighted by molar-refractivity contribution is 0.614. The molecule has 162 valence electrons. The number of nitrogens with zero attached hydrogens (tertiary/aromatic N) is 3. The van der Waals surface area contributed by atoms with Gasteiger partial charge in [-0.2, -0.15) is 0 Å². The summed E-state index contributed by atoms with van der Waals surface area (Å²) in [5.74, 6) is 1.28. The standard InChI is InChI=1S/C25H24FN5O/c1-27-22-9-6-19(12-21(22)26)25-30-23(29-15-16-10-11-28-14-16)13-24(32)31(25)20-7-4-18(5-8-20)17-2-3-17/h4-9,12-13,16-17,28-29H,2-3,10-11,14-15H2/t16-/m1/s1. The number of benzene rings is 2. The molecule has 5 rings (SSSR count). The highest BCUT2D eigenvalue weighted by molar-refractivity contribution is 5.64. The van der Waals surface area contributed by atoms with Crippen molar-refractivity contribution in [1.29, 1.82) is 0 Å². The van der Waals surface area contributed by atoms with E-state index in [2.05, 4.69) is 15.5 Å². The summed E-state index contributed by atoms with van der Waals surface area (Å²) in [7, 11) is 0. The Morgan fingerprint density at radius 1 is 1.16 bits per heavy atom. The van der Waals surface area contributed by atoms with Crippen LogP contribution in [-0.4, -0.2) is 29.2 Å². The van der Waals surface area contributed by atoms with Crippen LogP contribution in [0.3, 0.4) is 0 Å². The second kappa shape index (κ2) is 8.56. The summed E-state index contributed by atoms with van der Waals surface area (Å²) in [5.41, 5.74) is 2.11. The highest BCUT2D eigenvalue weighted by Gasteiger charge is 2.23. The molecule has 2 heterocycles. The summed E-state index contributed by atoms with van der Waals surface area (Å²) in [6, 6.07) is 13.8. The van der Waals surface area contributed by atoms with Crippen LogP contribution in [0.5, 0.6) is 0 Å². The maximum atomic E-state index is 14.4. The molecule has 2 aromatic carbocycles. The molecule has 1 saturated carbocycles. The lowest BCUT2D eigenvalue weighted by Crippen LogP contribution is -2.24. The number of nitrogens with one attached hydrogen (secondary N) is 2. The van der Waals surface area contributed by atoms with E-state index in [0.29, 0.717) is 41.3 Å². The van der Waals surface area contributed by atoms with Crippen LogP contribution < -0.4 is 16.2 Å². The van der Waals surface area contributed by atoms with Gasteiger partial charge in [-0.3, -0.25) is 9.36 Å². The summed E-state index contributed by atoms with van der Waals surface area (Å²) in [6.45, 7) is 9.75. The van der Waals surface area contributed by atoms with Crippen molar-refractivity contribution in [3.63, 3.8) is 0 Å². The third-order valence-corrected chi connectivity index (χ3v) is 6.18. The fraction of sp³-hybridized carbons (Fsp3) is 0.320. The van der Waals surface area contributed by atoms with Crippen LogP contribution >= 0.6 is 0 Å². The Bertz CT molecular complexity index is 1230. The van der Waals surface area contributed by atoms with Crippen molar-refractivity contribution in [2.75, 3.05) is 25.0 Å². The van der Waals surface area contributed by atoms with Crippen molar-refractivity contribution < 1.29 is 4.39 Å². The minimum absolute atomic E-state index is 0.0561. The molecule has 2 aliphatic rings. The zero-order chi connectivity index (χ0) is 22.1. The van der Waals surface area contributed by atoms with Crippen molar-refractivity contribution in [3.05, 3.63) is 81.7 Å². The van der Waals surface area contributed by atoms with Crippen LogP contribution in [0, 0.1) is 18.3 Å². The Morgan fingerprint density at radius 2 is 1.97 bits per heavy atom. The number of hydrogen-bond donors (Lipinski definition) is 2. The Morgan fingerprint density at radius 3 is 2.62 bits per heavy atom. The first kappa shape index (κ1) is 20.4. The zero-order valence-electron chi connectivity index (χ0n) is 17.6. The fourth-order valence-corrected chi connectivity index (χ4v) is 4.20. The van der Waals surface area contributed by atoms with Gasteiger partial charge in [0.15, 0.2) is 0 Å². The Balaban J connectivity index is 1.56. The number of halogens is 1. The van der Waals surface area contributed by atoms with Crippen LogP contribution in [0.2, 0.25) is 0 Å². The number of hydrogen-bond acceptors (Lipinski definition) is 4. The van der Waals surface area contributed by atoms with Gasteiger partial charge in [0.25, 0.3) is 5.56 Å². The second-order valence-corrected chi connectivity index (χ2v) is 8.52. The number of rotatable bonds is 6. The van der Waals surface area contributed by atoms with Gasteiger partial charge in [0.1, 0.15) is 17.5 Å². The van der Waals surface area contributed by atoms with E-state index in [-0.39, 0.29) is 11.2 Å². The number of aromatic nitrogens is 2. The molecule has 6 nitrogen and oxygen atoms in total. The first-order chi connectivity index (χ1) is 15.6. The molecule has 7 heteroatoms. The summed E-state index contributed by atoms with van der Waals surface area (Å²) < 4.78 is 15.9. The maximum Gasteiger partial charge on any atom is 0.260 e. The van der Waals surface area contributed by atoms with Crippen molar-refractivity contribution in [2.24, 2.45) is 5.92 Å². The van der Waals surface area contributed by atoms with E-state index in [1.165, 1.54) is 41.2 Å². The van der Waals surface area contributed by atoms with Crippen LogP contribution in [0.15, 0.2) is 53.3 Å². The van der Waals surface area contributed by atoms with Crippen LogP contribution in [-0.2, 0) is 0 Å². The fourth-order valence-electron chi connectivity index (χ4n) is 4.20. The summed E-state index contributed by atoms with van der Waals surface area (Å²) >= 11 is 0. The molecule has 0 amide bonds. The quantitative estimate of drug-likeness (QED) is 0.567. The first-order valence-electron chi connectivity index (χ1n) is 11.0. The van der Waals surface area contributed by atoms with Crippen molar-refractivity contribution in [3.8, 4) is 17.1 Å². The highest BCUT2D eigenvalue weighted by Crippen LogP contribution is 2.40. The average Bonchev–Trinajstić information content (AvgIpc) is 3.52. The molecule has 2 N–H and O–H groups in total. The van der Waals surface area contributed by atoms with Gasteiger partial charge in [0.2, 0.25) is 5.69 Å². The van der Waals surface area contributed by atoms with Gasteiger partial charge in [0, 0.05) is 18.2 Å². The summed E-state index contributed by atoms with van der Waals surface area (Å²) in [4.78, 5) is 21.1. The Kier molecular flexibility index (Phi) is 5.46. The van der Waals surface area contributed by atoms with E-state index in [1.807, 2.05) is 24.3 Å². The lowest BCUT2D eigenvalue weighted by atomic mass is 10.1. The molecular weight excluding hydrogens is 405 g/mol. The average molecular weight is 429 g/mol. The second-order valence-electron chi connectivity index (χ2n) is 8.52. The van der Waals surface area contributed by atoms with Gasteiger partial charge >= 0.3 is 0 Å². The predicted molar refractivity (Wildman–Crippen MR) is 123 cm³/mol. The zero-order valence-corrected chi connectivity index (χ0v) is 17.6. The topological polar surface area (TPSA) is 63.3 Å². The molecule has 3 aromatic rings. The molecule has 1 aliphatic carbocycles. The summed E-state index contributed by atoms with van der Waals surface area (Å²) in [5, 5.41) is 6.61. The Hall–Kier alpha value is -3.50. The monoisotopic (exact) mass is 429 g/mol. The van der Waals surface area contributed by atoms with E-state index in [4.69, 9.17) is 11.6 Å². The van der Waals surface area contributed by atoms with E-state index in [1.54, 1.807) is 6.07 Å². The van der Waals surface area contributed by atoms with Gasteiger partial charge in [-0.15, -0.1) is 0 Å². The lowest BCUT2D eigenvalue weighted by Gasteiger charge is -2.16. The minimum Gasteiger partial charge on any atom is -0.370 e. The van der Waals surface area contributed by atoms with Crippen molar-refractivity contribution in [1.82, 2.24) is 14.9 Å². The highest BCUT2D eigenvalue weighted by atomic mass is 19.1. The van der Waals surface area contributed by atoms with E-state index >= 15 is 0 Å². The maximum absolute atomic E-state index is 14.4. The summed E-state index contributed by atoms with van der Waals surface area (Å²) in [6.07, 6.45) is 3.49. The SMILES string of the molecule is [C-]#[N+]c1ccc(-c2nc(NC[C@@H]3CCNC3)cc(=O)n2-c2ccc(C3CC3)cc2)cc1F. The van der Waals surface area contributed by atoms with E-state index in [0.717, 1.165) is 19.5 Å². The largest absolute Gasteiger partial charge is 0.370 e. The molecular formula is C25H24FN5O. The Labute approximate surface area is 185 Å². The van der Waals surface area contributed by atoms with Crippen molar-refractivity contribution in [2.45, 2.75) is 25.2 Å². The van der Waals surface area contributed by atoms with Gasteiger partial charge in [-0.1, -0.05) is 24.3 Å². The molecule has 0 radical (unpaired) electrons. The smallest absolute Gasteiger partial charge is 0.260 e. The third kappa shape index (κ3) is 4.14. The van der Waals surface area contributed by atoms with Crippen molar-refractivity contribution >= 4 is 11.5 Å². The molecule has 32 heavy (non-hydrogen) atoms. The number of anilines is 1. The van der Waals surface area contributed by atoms with Crippen LogP contribution in [0.4, 0.5) is 15.9 Å². The molecule has 1 aromatic heterocycles. The van der Waals surface area contributed by atoms with E-state index in [9.17, 15) is 9.18 Å². The van der Waals surface area contributed by atoms with E-state index < -0.39 is 5.82 Å². The van der Waals surface area contributed by atoms with Gasteiger partial charge in [-0.05, 0) is 68.0 Å². The molecule has 2 fully saturated rings.